The molecular formula is C23H19F2N3O3S2. The van der Waals surface area contributed by atoms with E-state index in [2.05, 4.69) is 16.9 Å². The highest BCUT2D eigenvalue weighted by Crippen LogP contribution is 2.30. The van der Waals surface area contributed by atoms with Crippen molar-refractivity contribution >= 4 is 57.2 Å². The van der Waals surface area contributed by atoms with Crippen molar-refractivity contribution in [3.8, 4) is 0 Å². The van der Waals surface area contributed by atoms with Crippen LogP contribution in [-0.4, -0.2) is 26.5 Å². The maximum absolute atomic E-state index is 13.1. The van der Waals surface area contributed by atoms with Crippen LogP contribution in [0.5, 0.6) is 0 Å². The Morgan fingerprint density at radius 2 is 1.94 bits per heavy atom. The molecule has 170 valence electrons. The fourth-order valence-electron chi connectivity index (χ4n) is 3.21. The molecule has 6 nitrogen and oxygen atoms in total. The number of hydrogen-bond donors (Lipinski definition) is 1. The molecule has 0 fully saturated rings. The zero-order valence-corrected chi connectivity index (χ0v) is 19.1. The standard InChI is InChI=1S/C23H19F2N3O3S2/c1-3-12-28-21(30)19-18(16-6-4-5-7-17(16)31-19)27-23(28)32-13(2)20(29)26-14-8-10-15(11-9-14)33-22(24)25/h3-11,13,22H,1,12H2,2H3,(H,26,29). The molecule has 10 heteroatoms. The van der Waals surface area contributed by atoms with Crippen LogP contribution in [0.3, 0.4) is 0 Å². The Kier molecular flexibility index (Phi) is 6.85. The first-order valence-electron chi connectivity index (χ1n) is 9.92. The van der Waals surface area contributed by atoms with Gasteiger partial charge in [0.15, 0.2) is 5.16 Å². The van der Waals surface area contributed by atoms with E-state index >= 15 is 0 Å². The fraction of sp³-hybridized carbons (Fsp3) is 0.174. The van der Waals surface area contributed by atoms with Crippen LogP contribution in [0.1, 0.15) is 6.92 Å². The van der Waals surface area contributed by atoms with Crippen LogP contribution in [0.25, 0.3) is 22.1 Å². The summed E-state index contributed by atoms with van der Waals surface area (Å²) >= 11 is 1.57. The lowest BCUT2D eigenvalue weighted by Crippen LogP contribution is -2.26. The number of furan rings is 1. The summed E-state index contributed by atoms with van der Waals surface area (Å²) in [5.74, 6) is -2.82. The van der Waals surface area contributed by atoms with Crippen LogP contribution >= 0.6 is 23.5 Å². The quantitative estimate of drug-likeness (QED) is 0.193. The number of nitrogens with one attached hydrogen (secondary N) is 1. The molecule has 2 aromatic heterocycles. The number of thioether (sulfide) groups is 2. The number of anilines is 1. The summed E-state index contributed by atoms with van der Waals surface area (Å²) in [7, 11) is 0. The van der Waals surface area contributed by atoms with Crippen LogP contribution in [-0.2, 0) is 11.3 Å². The van der Waals surface area contributed by atoms with E-state index in [4.69, 9.17) is 4.42 Å². The van der Waals surface area contributed by atoms with Crippen LogP contribution < -0.4 is 10.9 Å². The minimum Gasteiger partial charge on any atom is -0.448 e. The zero-order valence-electron chi connectivity index (χ0n) is 17.5. The van der Waals surface area contributed by atoms with Gasteiger partial charge in [0.1, 0.15) is 11.1 Å². The summed E-state index contributed by atoms with van der Waals surface area (Å²) in [6.45, 7) is 5.61. The monoisotopic (exact) mass is 487 g/mol. The molecule has 4 rings (SSSR count). The average molecular weight is 488 g/mol. The minimum absolute atomic E-state index is 0.154. The van der Waals surface area contributed by atoms with Crippen LogP contribution in [0.4, 0.5) is 14.5 Å². The second-order valence-electron chi connectivity index (χ2n) is 7.03. The lowest BCUT2D eigenvalue weighted by molar-refractivity contribution is -0.115. The topological polar surface area (TPSA) is 77.1 Å². The molecule has 0 spiro atoms. The van der Waals surface area contributed by atoms with Gasteiger partial charge in [0.25, 0.3) is 11.3 Å². The molecule has 0 bridgehead atoms. The largest absolute Gasteiger partial charge is 0.448 e. The Hall–Kier alpha value is -3.11. The number of carbonyl (C=O) groups is 1. The van der Waals surface area contributed by atoms with Gasteiger partial charge in [-0.15, -0.1) is 6.58 Å². The van der Waals surface area contributed by atoms with E-state index in [0.29, 0.717) is 38.6 Å². The van der Waals surface area contributed by atoms with Gasteiger partial charge in [0.05, 0.1) is 5.25 Å². The van der Waals surface area contributed by atoms with E-state index in [1.165, 1.54) is 16.7 Å². The van der Waals surface area contributed by atoms with Gasteiger partial charge in [0.2, 0.25) is 11.5 Å². The number of aromatic nitrogens is 2. The molecule has 0 aliphatic carbocycles. The third-order valence-corrected chi connectivity index (χ3v) is 6.57. The summed E-state index contributed by atoms with van der Waals surface area (Å²) < 4.78 is 32.1. The molecule has 4 aromatic rings. The third kappa shape index (κ3) is 4.96. The van der Waals surface area contributed by atoms with Crippen molar-refractivity contribution in [2.75, 3.05) is 5.32 Å². The number of amides is 1. The van der Waals surface area contributed by atoms with E-state index in [9.17, 15) is 18.4 Å². The molecule has 33 heavy (non-hydrogen) atoms. The number of fused-ring (bicyclic) bond motifs is 3. The van der Waals surface area contributed by atoms with Gasteiger partial charge >= 0.3 is 0 Å². The Labute approximate surface area is 196 Å². The van der Waals surface area contributed by atoms with Crippen molar-refractivity contribution in [3.63, 3.8) is 0 Å². The van der Waals surface area contributed by atoms with Gasteiger partial charge in [-0.1, -0.05) is 41.7 Å². The van der Waals surface area contributed by atoms with Gasteiger partial charge in [-0.25, -0.2) is 4.98 Å². The van der Waals surface area contributed by atoms with Gasteiger partial charge in [-0.2, -0.15) is 8.78 Å². The summed E-state index contributed by atoms with van der Waals surface area (Å²) in [6, 6.07) is 13.4. The SMILES string of the molecule is C=CCn1c(SC(C)C(=O)Nc2ccc(SC(F)F)cc2)nc2c(oc3ccccc32)c1=O. The molecule has 2 heterocycles. The molecule has 0 aliphatic heterocycles. The second kappa shape index (κ2) is 9.80. The van der Waals surface area contributed by atoms with Crippen molar-refractivity contribution in [1.82, 2.24) is 9.55 Å². The van der Waals surface area contributed by atoms with Gasteiger partial charge in [0, 0.05) is 22.5 Å². The second-order valence-corrected chi connectivity index (χ2v) is 9.40. The van der Waals surface area contributed by atoms with Crippen molar-refractivity contribution in [2.24, 2.45) is 0 Å². The molecule has 0 saturated carbocycles. The van der Waals surface area contributed by atoms with Crippen molar-refractivity contribution in [1.29, 1.82) is 0 Å². The zero-order chi connectivity index (χ0) is 23.5. The lowest BCUT2D eigenvalue weighted by atomic mass is 10.2. The van der Waals surface area contributed by atoms with Crippen LogP contribution in [0.2, 0.25) is 0 Å². The number of carbonyl (C=O) groups excluding carboxylic acids is 1. The first-order valence-corrected chi connectivity index (χ1v) is 11.7. The van der Waals surface area contributed by atoms with Crippen LogP contribution in [0, 0.1) is 0 Å². The number of alkyl halides is 2. The maximum Gasteiger partial charge on any atom is 0.298 e. The molecular weight excluding hydrogens is 468 g/mol. The maximum atomic E-state index is 13.1. The van der Waals surface area contributed by atoms with Gasteiger partial charge in [-0.05, 0) is 43.3 Å². The van der Waals surface area contributed by atoms with E-state index in [-0.39, 0.29) is 23.6 Å². The average Bonchev–Trinajstić information content (AvgIpc) is 3.16. The molecule has 1 amide bonds. The Balaban J connectivity index is 1.59. The molecule has 0 radical (unpaired) electrons. The summed E-state index contributed by atoms with van der Waals surface area (Å²) in [5.41, 5.74) is 1.29. The highest BCUT2D eigenvalue weighted by molar-refractivity contribution is 8.00. The number of halogens is 2. The first kappa shape index (κ1) is 23.1. The van der Waals surface area contributed by atoms with Gasteiger partial charge < -0.3 is 9.73 Å². The molecule has 0 aliphatic rings. The van der Waals surface area contributed by atoms with Gasteiger partial charge in [-0.3, -0.25) is 14.2 Å². The first-order chi connectivity index (χ1) is 15.9. The van der Waals surface area contributed by atoms with Crippen molar-refractivity contribution in [2.45, 2.75) is 34.5 Å². The Morgan fingerprint density at radius 1 is 1.21 bits per heavy atom. The van der Waals surface area contributed by atoms with Crippen molar-refractivity contribution in [3.05, 3.63) is 71.5 Å². The Morgan fingerprint density at radius 3 is 2.64 bits per heavy atom. The molecule has 2 aromatic carbocycles. The number of para-hydroxylation sites is 1. The number of hydrogen-bond acceptors (Lipinski definition) is 6. The molecule has 0 saturated heterocycles. The summed E-state index contributed by atoms with van der Waals surface area (Å²) in [4.78, 5) is 30.9. The third-order valence-electron chi connectivity index (χ3n) is 4.76. The predicted molar refractivity (Wildman–Crippen MR) is 128 cm³/mol. The van der Waals surface area contributed by atoms with Crippen molar-refractivity contribution < 1.29 is 18.0 Å². The molecule has 1 unspecified atom stereocenters. The number of nitrogens with zero attached hydrogens (tertiary/aromatic N) is 2. The normalized spacial score (nSPS) is 12.4. The van der Waals surface area contributed by atoms with E-state index < -0.39 is 11.0 Å². The Bertz CT molecular complexity index is 1380. The predicted octanol–water partition coefficient (Wildman–Crippen LogP) is 5.76. The lowest BCUT2D eigenvalue weighted by Gasteiger charge is -2.15. The number of allylic oxidation sites excluding steroid dienone is 1. The molecule has 1 atom stereocenters. The minimum atomic E-state index is -2.51. The van der Waals surface area contributed by atoms with E-state index in [1.807, 2.05) is 18.2 Å². The van der Waals surface area contributed by atoms with E-state index in [0.717, 1.165) is 17.1 Å². The smallest absolute Gasteiger partial charge is 0.298 e. The number of rotatable bonds is 8. The van der Waals surface area contributed by atoms with E-state index in [1.54, 1.807) is 31.2 Å². The fourth-order valence-corrected chi connectivity index (χ4v) is 4.62. The van der Waals surface area contributed by atoms with Crippen LogP contribution in [0.15, 0.2) is 80.4 Å². The summed E-state index contributed by atoms with van der Waals surface area (Å²) in [6.07, 6.45) is 1.57. The summed E-state index contributed by atoms with van der Waals surface area (Å²) in [5, 5.41) is 3.25. The number of benzene rings is 2. The highest BCUT2D eigenvalue weighted by atomic mass is 32.2. The highest BCUT2D eigenvalue weighted by Gasteiger charge is 2.22. The molecule has 1 N–H and O–H groups in total.